The minimum atomic E-state index is -4.60. The highest BCUT2D eigenvalue weighted by Crippen LogP contribution is 2.24. The molecule has 13 heteroatoms. The summed E-state index contributed by atoms with van der Waals surface area (Å²) in [4.78, 5) is 25.4. The van der Waals surface area contributed by atoms with Crippen LogP contribution in [-0.2, 0) is 38.7 Å². The Balaban J connectivity index is 2.40. The molecule has 60 heavy (non-hydrogen) atoms. The fraction of sp³-hybridized carbons (Fsp3) is 0.872. The number of esters is 2. The molecule has 1 fully saturated rings. The average Bonchev–Trinajstić information content (AvgIpc) is 3.21. The molecule has 1 rings (SSSR count). The molecule has 0 amide bonds. The predicted octanol–water partition coefficient (Wildman–Crippen LogP) is 10.0. The van der Waals surface area contributed by atoms with Crippen molar-refractivity contribution in [2.24, 2.45) is 0 Å². The van der Waals surface area contributed by atoms with Crippen molar-refractivity contribution in [3.8, 4) is 0 Å². The highest BCUT2D eigenvalue weighted by molar-refractivity contribution is 7.85. The van der Waals surface area contributed by atoms with Gasteiger partial charge in [0.2, 0.25) is 0 Å². The van der Waals surface area contributed by atoms with Crippen LogP contribution in [0.3, 0.4) is 0 Å². The summed E-state index contributed by atoms with van der Waals surface area (Å²) in [5.74, 6) is -1.98. The topological polar surface area (TPSA) is 186 Å². The van der Waals surface area contributed by atoms with E-state index >= 15 is 0 Å². The van der Waals surface area contributed by atoms with E-state index in [1.165, 1.54) is 128 Å². The number of aliphatic hydroxyl groups is 3. The number of hydrogen-bond acceptors (Lipinski definition) is 11. The molecule has 12 nitrogen and oxygen atoms in total. The normalized spacial score (nSPS) is 20.1. The highest BCUT2D eigenvalue weighted by atomic mass is 32.2. The van der Waals surface area contributed by atoms with Gasteiger partial charge in [-0.2, -0.15) is 8.42 Å². The van der Waals surface area contributed by atoms with Crippen LogP contribution in [-0.4, -0.2) is 96.0 Å². The van der Waals surface area contributed by atoms with Crippen LogP contribution in [0, 0.1) is 0 Å². The van der Waals surface area contributed by atoms with E-state index in [-0.39, 0.29) is 19.4 Å². The summed E-state index contributed by atoms with van der Waals surface area (Å²) in [6.45, 7) is 5.29. The first-order chi connectivity index (χ1) is 29.0. The zero-order valence-corrected chi connectivity index (χ0v) is 38.2. The largest absolute Gasteiger partial charge is 0.462 e. The van der Waals surface area contributed by atoms with Gasteiger partial charge in [0.05, 0.1) is 6.61 Å². The van der Waals surface area contributed by atoms with E-state index in [4.69, 9.17) is 18.9 Å². The Morgan fingerprint density at radius 3 is 1.50 bits per heavy atom. The van der Waals surface area contributed by atoms with Crippen molar-refractivity contribution in [2.75, 3.05) is 19.0 Å². The number of unbranched alkanes of at least 4 members (excludes halogenated alkanes) is 26. The van der Waals surface area contributed by atoms with E-state index in [1.54, 1.807) is 0 Å². The first kappa shape index (κ1) is 56.1. The molecule has 0 saturated carbocycles. The molecule has 6 atom stereocenters. The van der Waals surface area contributed by atoms with Gasteiger partial charge in [-0.1, -0.05) is 160 Å². The minimum absolute atomic E-state index is 0.164. The molecule has 4 N–H and O–H groups in total. The molecule has 1 heterocycles. The number of aliphatic hydroxyl groups excluding tert-OH is 3. The van der Waals surface area contributed by atoms with Gasteiger partial charge in [0.15, 0.2) is 12.4 Å². The second-order valence-electron chi connectivity index (χ2n) is 16.9. The molecule has 352 valence electrons. The maximum absolute atomic E-state index is 12.8. The van der Waals surface area contributed by atoms with Gasteiger partial charge in [0, 0.05) is 12.8 Å². The summed E-state index contributed by atoms with van der Waals surface area (Å²) in [6, 6.07) is 0. The van der Waals surface area contributed by atoms with Gasteiger partial charge < -0.3 is 34.3 Å². The molecule has 0 bridgehead atoms. The third-order valence-electron chi connectivity index (χ3n) is 11.1. The zero-order valence-electron chi connectivity index (χ0n) is 37.4. The Kier molecular flexibility index (Phi) is 35.2. The van der Waals surface area contributed by atoms with Crippen molar-refractivity contribution in [2.45, 2.75) is 243 Å². The molecule has 0 radical (unpaired) electrons. The van der Waals surface area contributed by atoms with Gasteiger partial charge in [-0.3, -0.25) is 14.1 Å². The quantitative estimate of drug-likeness (QED) is 0.0197. The number of carbonyl (C=O) groups is 2. The summed E-state index contributed by atoms with van der Waals surface area (Å²) in [5.41, 5.74) is 0. The lowest BCUT2D eigenvalue weighted by molar-refractivity contribution is -0.297. The molecule has 0 spiro atoms. The smallest absolute Gasteiger partial charge is 0.306 e. The Morgan fingerprint density at radius 2 is 1.03 bits per heavy atom. The molecule has 0 aliphatic carbocycles. The van der Waals surface area contributed by atoms with E-state index in [1.807, 2.05) is 6.08 Å². The molecule has 2 unspecified atom stereocenters. The van der Waals surface area contributed by atoms with Crippen LogP contribution in [0.25, 0.3) is 0 Å². The summed E-state index contributed by atoms with van der Waals surface area (Å²) >= 11 is 0. The van der Waals surface area contributed by atoms with Crippen LogP contribution >= 0.6 is 0 Å². The third kappa shape index (κ3) is 31.9. The molecule has 0 aromatic heterocycles. The van der Waals surface area contributed by atoms with Crippen molar-refractivity contribution in [3.05, 3.63) is 24.8 Å². The lowest BCUT2D eigenvalue weighted by atomic mass is 10.00. The molecule has 1 saturated heterocycles. The Labute approximate surface area is 364 Å². The number of rotatable bonds is 41. The van der Waals surface area contributed by atoms with Crippen molar-refractivity contribution >= 4 is 22.1 Å². The second kappa shape index (κ2) is 37.7. The van der Waals surface area contributed by atoms with Gasteiger partial charge in [-0.25, -0.2) is 0 Å². The van der Waals surface area contributed by atoms with Gasteiger partial charge in [-0.15, -0.1) is 6.58 Å². The van der Waals surface area contributed by atoms with Crippen LogP contribution in [0.5, 0.6) is 0 Å². The molecular weight excluding hydrogens is 789 g/mol. The summed E-state index contributed by atoms with van der Waals surface area (Å²) in [6.07, 6.45) is 31.1. The first-order valence-corrected chi connectivity index (χ1v) is 25.5. The average molecular weight is 875 g/mol. The summed E-state index contributed by atoms with van der Waals surface area (Å²) < 4.78 is 54.1. The van der Waals surface area contributed by atoms with Crippen molar-refractivity contribution in [1.82, 2.24) is 0 Å². The second-order valence-corrected chi connectivity index (χ2v) is 18.4. The Bertz CT molecular complexity index is 1190. The predicted molar refractivity (Wildman–Crippen MR) is 238 cm³/mol. The zero-order chi connectivity index (χ0) is 44.1. The summed E-state index contributed by atoms with van der Waals surface area (Å²) in [7, 11) is -4.60. The van der Waals surface area contributed by atoms with Crippen molar-refractivity contribution < 1.29 is 56.8 Å². The maximum atomic E-state index is 12.8. The molecular formula is C47H86O12S. The fourth-order valence-electron chi connectivity index (χ4n) is 7.42. The van der Waals surface area contributed by atoms with E-state index in [9.17, 15) is 37.9 Å². The lowest BCUT2D eigenvalue weighted by Gasteiger charge is -2.40. The Hall–Kier alpha value is -1.87. The highest BCUT2D eigenvalue weighted by Gasteiger charge is 2.46. The third-order valence-corrected chi connectivity index (χ3v) is 11.9. The lowest BCUT2D eigenvalue weighted by Crippen LogP contribution is -2.60. The van der Waals surface area contributed by atoms with E-state index in [2.05, 4.69) is 25.7 Å². The number of allylic oxidation sites excluding steroid dienone is 3. The number of hydrogen-bond donors (Lipinski definition) is 4. The molecule has 1 aliphatic rings. The van der Waals surface area contributed by atoms with Gasteiger partial charge in [-0.05, 0) is 51.4 Å². The van der Waals surface area contributed by atoms with Gasteiger partial charge >= 0.3 is 11.9 Å². The summed E-state index contributed by atoms with van der Waals surface area (Å²) in [5, 5.41) is 30.9. The SMILES string of the molecule is C=CCCCCCCCCCCCCCCCC(=O)O[C@H](COC(=O)CCCCCCCCCCC/C=C/CCCCCC)CO[C@H]1O[C@H](CS(=O)(=O)O)[C@@H](O)C(O)C1O. The van der Waals surface area contributed by atoms with Crippen molar-refractivity contribution in [1.29, 1.82) is 0 Å². The van der Waals surface area contributed by atoms with E-state index in [0.29, 0.717) is 12.8 Å². The monoisotopic (exact) mass is 875 g/mol. The van der Waals surface area contributed by atoms with Crippen LogP contribution < -0.4 is 0 Å². The maximum Gasteiger partial charge on any atom is 0.306 e. The van der Waals surface area contributed by atoms with Crippen LogP contribution in [0.4, 0.5) is 0 Å². The van der Waals surface area contributed by atoms with E-state index < -0.39 is 71.2 Å². The fourth-order valence-corrected chi connectivity index (χ4v) is 8.11. The number of ether oxygens (including phenoxy) is 4. The molecule has 0 aromatic carbocycles. The van der Waals surface area contributed by atoms with Crippen LogP contribution in [0.1, 0.15) is 206 Å². The minimum Gasteiger partial charge on any atom is -0.462 e. The van der Waals surface area contributed by atoms with Crippen molar-refractivity contribution in [3.63, 3.8) is 0 Å². The Morgan fingerprint density at radius 1 is 0.600 bits per heavy atom. The van der Waals surface area contributed by atoms with Gasteiger partial charge in [0.25, 0.3) is 10.1 Å². The van der Waals surface area contributed by atoms with Crippen LogP contribution in [0.15, 0.2) is 24.8 Å². The molecule has 1 aliphatic heterocycles. The number of carbonyl (C=O) groups excluding carboxylic acids is 2. The molecule has 0 aromatic rings. The van der Waals surface area contributed by atoms with Crippen LogP contribution in [0.2, 0.25) is 0 Å². The van der Waals surface area contributed by atoms with E-state index in [0.717, 1.165) is 44.9 Å². The standard InChI is InChI=1S/C47H86O12S/c1-3-5-7-9-11-13-15-17-19-20-22-23-25-27-29-31-33-35-42(48)56-37-40(38-57-47-46(52)45(51)44(50)41(59-47)39-60(53,54)55)58-43(49)36-34-32-30-28-26-24-21-18-16-14-12-10-8-6-4-2/h4,13,15,40-41,44-47,50-52H,2-3,5-12,14,16-39H2,1H3,(H,53,54,55)/b15-13+/t40-,41-,44-,45?,46?,47+/m1/s1. The first-order valence-electron chi connectivity index (χ1n) is 23.9. The van der Waals surface area contributed by atoms with Gasteiger partial charge in [0.1, 0.15) is 36.8 Å².